The fourth-order valence-electron chi connectivity index (χ4n) is 1.03. The van der Waals surface area contributed by atoms with Crippen LogP contribution in [0.1, 0.15) is 0 Å². The summed E-state index contributed by atoms with van der Waals surface area (Å²) in [7, 11) is 1.66. The average Bonchev–Trinajstić information content (AvgIpc) is 2.29. The van der Waals surface area contributed by atoms with Gasteiger partial charge in [0.1, 0.15) is 6.20 Å². The van der Waals surface area contributed by atoms with Crippen LogP contribution in [0.5, 0.6) is 0 Å². The lowest BCUT2D eigenvalue weighted by Gasteiger charge is -2.06. The third kappa shape index (κ3) is 3.23. The highest BCUT2D eigenvalue weighted by molar-refractivity contribution is 7.98. The van der Waals surface area contributed by atoms with Gasteiger partial charge in [0.15, 0.2) is 0 Å². The lowest BCUT2D eigenvalue weighted by atomic mass is 10.4. The Morgan fingerprint density at radius 1 is 1.62 bits per heavy atom. The molecule has 0 bridgehead atoms. The van der Waals surface area contributed by atoms with Crippen molar-refractivity contribution in [2.75, 3.05) is 36.2 Å². The standard InChI is InChI=1S/C8H13N5O2S/c1-9-8-11-5-6(13(14)15)7(12-8)10-3-4-16-2/h5H,3-4H2,1-2H3,(H2,9,10,11,12). The first kappa shape index (κ1) is 12.5. The fourth-order valence-corrected chi connectivity index (χ4v) is 1.34. The Morgan fingerprint density at radius 3 is 2.94 bits per heavy atom. The van der Waals surface area contributed by atoms with E-state index in [2.05, 4.69) is 20.6 Å². The molecule has 1 aromatic rings. The van der Waals surface area contributed by atoms with Crippen LogP contribution in [-0.2, 0) is 0 Å². The summed E-state index contributed by atoms with van der Waals surface area (Å²) in [6.07, 6.45) is 3.16. The smallest absolute Gasteiger partial charge is 0.329 e. The van der Waals surface area contributed by atoms with Gasteiger partial charge in [-0.3, -0.25) is 10.1 Å². The Morgan fingerprint density at radius 2 is 2.38 bits per heavy atom. The number of hydrogen-bond donors (Lipinski definition) is 2. The molecular formula is C8H13N5O2S. The number of hydrogen-bond acceptors (Lipinski definition) is 7. The predicted octanol–water partition coefficient (Wildman–Crippen LogP) is 1.20. The van der Waals surface area contributed by atoms with Crippen molar-refractivity contribution in [2.24, 2.45) is 0 Å². The third-order valence-corrected chi connectivity index (χ3v) is 2.40. The molecule has 7 nitrogen and oxygen atoms in total. The van der Waals surface area contributed by atoms with Gasteiger partial charge in [-0.05, 0) is 6.26 Å². The molecule has 0 spiro atoms. The van der Waals surface area contributed by atoms with Crippen molar-refractivity contribution in [1.82, 2.24) is 9.97 Å². The van der Waals surface area contributed by atoms with Crippen molar-refractivity contribution < 1.29 is 4.92 Å². The topological polar surface area (TPSA) is 93.0 Å². The van der Waals surface area contributed by atoms with Gasteiger partial charge in [0.05, 0.1) is 4.92 Å². The van der Waals surface area contributed by atoms with Crippen LogP contribution in [0, 0.1) is 10.1 Å². The summed E-state index contributed by atoms with van der Waals surface area (Å²) in [5.41, 5.74) is -0.111. The molecule has 88 valence electrons. The summed E-state index contributed by atoms with van der Waals surface area (Å²) in [6.45, 7) is 0.627. The van der Waals surface area contributed by atoms with Crippen LogP contribution in [0.4, 0.5) is 17.5 Å². The molecule has 2 N–H and O–H groups in total. The molecule has 0 amide bonds. The number of nitrogens with zero attached hydrogens (tertiary/aromatic N) is 3. The minimum absolute atomic E-state index is 0.111. The molecule has 0 aliphatic heterocycles. The first-order valence-electron chi connectivity index (χ1n) is 4.61. The monoisotopic (exact) mass is 243 g/mol. The first-order valence-corrected chi connectivity index (χ1v) is 6.00. The third-order valence-electron chi connectivity index (χ3n) is 1.79. The largest absolute Gasteiger partial charge is 0.363 e. The van der Waals surface area contributed by atoms with E-state index in [1.54, 1.807) is 18.8 Å². The van der Waals surface area contributed by atoms with E-state index in [0.29, 0.717) is 12.5 Å². The molecule has 0 atom stereocenters. The number of nitrogens with one attached hydrogen (secondary N) is 2. The highest BCUT2D eigenvalue weighted by Gasteiger charge is 2.16. The van der Waals surface area contributed by atoms with E-state index < -0.39 is 4.92 Å². The normalized spacial score (nSPS) is 9.88. The summed E-state index contributed by atoms with van der Waals surface area (Å²) in [5.74, 6) is 1.46. The summed E-state index contributed by atoms with van der Waals surface area (Å²) in [5, 5.41) is 16.4. The molecule has 0 saturated carbocycles. The molecular weight excluding hydrogens is 230 g/mol. The van der Waals surface area contributed by atoms with Crippen LogP contribution in [0.3, 0.4) is 0 Å². The lowest BCUT2D eigenvalue weighted by Crippen LogP contribution is -2.10. The van der Waals surface area contributed by atoms with Crippen LogP contribution in [-0.4, -0.2) is 40.5 Å². The minimum atomic E-state index is -0.499. The first-order chi connectivity index (χ1) is 7.69. The van der Waals surface area contributed by atoms with Crippen LogP contribution >= 0.6 is 11.8 Å². The predicted molar refractivity (Wildman–Crippen MR) is 65.1 cm³/mol. The second kappa shape index (κ2) is 6.11. The quantitative estimate of drug-likeness (QED) is 0.440. The van der Waals surface area contributed by atoms with E-state index in [4.69, 9.17) is 0 Å². The van der Waals surface area contributed by atoms with Gasteiger partial charge in [-0.1, -0.05) is 0 Å². The van der Waals surface area contributed by atoms with E-state index >= 15 is 0 Å². The second-order valence-corrected chi connectivity index (χ2v) is 3.84. The van der Waals surface area contributed by atoms with Crippen molar-refractivity contribution in [1.29, 1.82) is 0 Å². The van der Waals surface area contributed by atoms with E-state index in [9.17, 15) is 10.1 Å². The highest BCUT2D eigenvalue weighted by Crippen LogP contribution is 2.21. The number of thioether (sulfide) groups is 1. The van der Waals surface area contributed by atoms with E-state index in [1.165, 1.54) is 6.20 Å². The van der Waals surface area contributed by atoms with Crippen LogP contribution in [0.2, 0.25) is 0 Å². The maximum Gasteiger partial charge on any atom is 0.329 e. The summed E-state index contributed by atoms with van der Waals surface area (Å²) in [4.78, 5) is 18.0. The maximum atomic E-state index is 10.7. The fraction of sp³-hybridized carbons (Fsp3) is 0.500. The molecule has 8 heteroatoms. The lowest BCUT2D eigenvalue weighted by molar-refractivity contribution is -0.384. The zero-order valence-corrected chi connectivity index (χ0v) is 9.87. The van der Waals surface area contributed by atoms with E-state index in [0.717, 1.165) is 5.75 Å². The second-order valence-electron chi connectivity index (χ2n) is 2.85. The molecule has 0 aliphatic carbocycles. The highest BCUT2D eigenvalue weighted by atomic mass is 32.2. The van der Waals surface area contributed by atoms with Crippen molar-refractivity contribution in [3.63, 3.8) is 0 Å². The minimum Gasteiger partial charge on any atom is -0.363 e. The van der Waals surface area contributed by atoms with Crippen molar-refractivity contribution in [3.05, 3.63) is 16.3 Å². The zero-order chi connectivity index (χ0) is 12.0. The maximum absolute atomic E-state index is 10.7. The number of anilines is 2. The molecule has 16 heavy (non-hydrogen) atoms. The number of nitro groups is 1. The molecule has 1 rings (SSSR count). The van der Waals surface area contributed by atoms with Gasteiger partial charge in [-0.2, -0.15) is 16.7 Å². The van der Waals surface area contributed by atoms with Gasteiger partial charge in [0.25, 0.3) is 0 Å². The number of aromatic nitrogens is 2. The molecule has 1 aromatic heterocycles. The van der Waals surface area contributed by atoms with Crippen LogP contribution < -0.4 is 10.6 Å². The summed E-state index contributed by atoms with van der Waals surface area (Å²) in [6, 6.07) is 0. The Kier molecular flexibility index (Phi) is 4.77. The van der Waals surface area contributed by atoms with Crippen molar-refractivity contribution in [2.45, 2.75) is 0 Å². The Balaban J connectivity index is 2.87. The SMILES string of the molecule is CNc1ncc([N+](=O)[O-])c(NCCSC)n1. The summed E-state index contributed by atoms with van der Waals surface area (Å²) >= 11 is 1.65. The molecule has 0 fully saturated rings. The Hall–Kier alpha value is -1.57. The Labute approximate surface area is 97.2 Å². The van der Waals surface area contributed by atoms with Crippen molar-refractivity contribution in [3.8, 4) is 0 Å². The molecule has 0 saturated heterocycles. The van der Waals surface area contributed by atoms with Gasteiger partial charge >= 0.3 is 5.69 Å². The van der Waals surface area contributed by atoms with Gasteiger partial charge in [0.2, 0.25) is 11.8 Å². The molecule has 0 unspecified atom stereocenters. The molecule has 0 aromatic carbocycles. The van der Waals surface area contributed by atoms with Gasteiger partial charge in [0, 0.05) is 19.3 Å². The number of rotatable bonds is 6. The Bertz CT molecular complexity index is 373. The van der Waals surface area contributed by atoms with Gasteiger partial charge in [-0.25, -0.2) is 4.98 Å². The van der Waals surface area contributed by atoms with Crippen LogP contribution in [0.15, 0.2) is 6.20 Å². The van der Waals surface area contributed by atoms with Gasteiger partial charge in [-0.15, -0.1) is 0 Å². The van der Waals surface area contributed by atoms with E-state index in [1.807, 2.05) is 6.26 Å². The van der Waals surface area contributed by atoms with E-state index in [-0.39, 0.29) is 11.5 Å². The average molecular weight is 243 g/mol. The van der Waals surface area contributed by atoms with Gasteiger partial charge < -0.3 is 10.6 Å². The zero-order valence-electron chi connectivity index (χ0n) is 9.06. The molecule has 0 aliphatic rings. The molecule has 0 radical (unpaired) electrons. The van der Waals surface area contributed by atoms with Crippen molar-refractivity contribution >= 4 is 29.2 Å². The summed E-state index contributed by atoms with van der Waals surface area (Å²) < 4.78 is 0. The van der Waals surface area contributed by atoms with Crippen LogP contribution in [0.25, 0.3) is 0 Å². The molecule has 1 heterocycles.